The van der Waals surface area contributed by atoms with Gasteiger partial charge in [-0.2, -0.15) is 0 Å². The van der Waals surface area contributed by atoms with E-state index in [0.29, 0.717) is 4.90 Å². The number of rotatable bonds is 13. The summed E-state index contributed by atoms with van der Waals surface area (Å²) >= 11 is 1.32. The number of aryl methyl sites for hydroxylation is 1. The van der Waals surface area contributed by atoms with Crippen molar-refractivity contribution in [2.45, 2.75) is 87.3 Å². The minimum absolute atomic E-state index is 0.0179. The van der Waals surface area contributed by atoms with E-state index < -0.39 is 0 Å². The lowest BCUT2D eigenvalue weighted by Gasteiger charge is -2.20. The molecule has 2 rings (SSSR count). The molecule has 0 spiro atoms. The van der Waals surface area contributed by atoms with Crippen molar-refractivity contribution >= 4 is 11.8 Å². The third kappa shape index (κ3) is 7.88. The van der Waals surface area contributed by atoms with Crippen LogP contribution in [0.2, 0.25) is 0 Å². The van der Waals surface area contributed by atoms with Gasteiger partial charge in [0.2, 0.25) is 0 Å². The minimum Gasteiger partial charge on any atom is -0.872 e. The number of unbranched alkanes of at least 4 members (excludes halogenated alkanes) is 9. The third-order valence-corrected chi connectivity index (χ3v) is 6.15. The van der Waals surface area contributed by atoms with E-state index in [1.807, 2.05) is 18.2 Å². The summed E-state index contributed by atoms with van der Waals surface area (Å²) in [5.74, 6) is 0.00321. The van der Waals surface area contributed by atoms with Crippen molar-refractivity contribution in [3.63, 3.8) is 0 Å². The van der Waals surface area contributed by atoms with Crippen LogP contribution in [0.5, 0.6) is 11.5 Å². The van der Waals surface area contributed by atoms with Crippen molar-refractivity contribution in [1.82, 2.24) is 0 Å². The Balaban J connectivity index is 1.75. The lowest BCUT2D eigenvalue weighted by atomic mass is 10.0. The van der Waals surface area contributed by atoms with E-state index in [0.717, 1.165) is 23.3 Å². The first-order valence-corrected chi connectivity index (χ1v) is 11.3. The molecule has 3 heteroatoms. The molecule has 0 heterocycles. The summed E-state index contributed by atoms with van der Waals surface area (Å²) in [5, 5.41) is 24.3. The van der Waals surface area contributed by atoms with E-state index in [2.05, 4.69) is 6.92 Å². The van der Waals surface area contributed by atoms with E-state index in [1.165, 1.54) is 69.5 Å². The molecule has 0 aliphatic rings. The lowest BCUT2D eigenvalue weighted by Crippen LogP contribution is -1.98. The first-order valence-electron chi connectivity index (χ1n) is 10.4. The van der Waals surface area contributed by atoms with Crippen molar-refractivity contribution in [2.24, 2.45) is 0 Å². The largest absolute Gasteiger partial charge is 0.872 e. The standard InChI is InChI=1S/C24H34O2S/c1-2-3-4-5-6-7-8-9-10-11-15-20-16-14-18-22(26)24(20)27-23-19-13-12-17-21(23)25/h12-14,16-19,25-26H,2-11,15H2,1H3/p-2. The maximum Gasteiger partial charge on any atom is 0.00750 e. The first kappa shape index (κ1) is 21.7. The zero-order valence-corrected chi connectivity index (χ0v) is 17.4. The van der Waals surface area contributed by atoms with Gasteiger partial charge >= 0.3 is 0 Å². The highest BCUT2D eigenvalue weighted by Crippen LogP contribution is 2.39. The van der Waals surface area contributed by atoms with Crippen molar-refractivity contribution < 1.29 is 10.2 Å². The molecule has 148 valence electrons. The van der Waals surface area contributed by atoms with Gasteiger partial charge in [-0.05, 0) is 24.5 Å². The molecule has 0 aromatic heterocycles. The molecule has 0 atom stereocenters. The highest BCUT2D eigenvalue weighted by molar-refractivity contribution is 7.99. The fourth-order valence-corrected chi connectivity index (χ4v) is 4.33. The highest BCUT2D eigenvalue weighted by atomic mass is 32.2. The monoisotopic (exact) mass is 384 g/mol. The van der Waals surface area contributed by atoms with Gasteiger partial charge in [0, 0.05) is 9.79 Å². The molecule has 0 saturated carbocycles. The highest BCUT2D eigenvalue weighted by Gasteiger charge is 2.06. The molecule has 27 heavy (non-hydrogen) atoms. The molecule has 0 unspecified atom stereocenters. The second kappa shape index (κ2) is 12.7. The van der Waals surface area contributed by atoms with Crippen molar-refractivity contribution in [3.05, 3.63) is 48.0 Å². The predicted octanol–water partition coefficient (Wildman–Crippen LogP) is 6.45. The van der Waals surface area contributed by atoms with Crippen molar-refractivity contribution in [2.75, 3.05) is 0 Å². The van der Waals surface area contributed by atoms with Crippen LogP contribution >= 0.6 is 11.8 Å². The first-order chi connectivity index (χ1) is 13.2. The van der Waals surface area contributed by atoms with E-state index in [-0.39, 0.29) is 11.5 Å². The van der Waals surface area contributed by atoms with E-state index >= 15 is 0 Å². The van der Waals surface area contributed by atoms with Crippen LogP contribution in [0.3, 0.4) is 0 Å². The molecule has 2 aromatic carbocycles. The van der Waals surface area contributed by atoms with Gasteiger partial charge in [-0.25, -0.2) is 0 Å². The minimum atomic E-state index is -0.0179. The summed E-state index contributed by atoms with van der Waals surface area (Å²) in [4.78, 5) is 1.35. The molecule has 2 aromatic rings. The van der Waals surface area contributed by atoms with E-state index in [4.69, 9.17) is 0 Å². The Kier molecular flexibility index (Phi) is 10.2. The molecule has 0 amide bonds. The van der Waals surface area contributed by atoms with Crippen LogP contribution in [0.25, 0.3) is 0 Å². The smallest absolute Gasteiger partial charge is 0.00750 e. The summed E-state index contributed by atoms with van der Waals surface area (Å²) in [6, 6.07) is 12.4. The zero-order chi connectivity index (χ0) is 19.3. The summed E-state index contributed by atoms with van der Waals surface area (Å²) < 4.78 is 0. The van der Waals surface area contributed by atoms with Crippen molar-refractivity contribution in [3.8, 4) is 11.5 Å². The van der Waals surface area contributed by atoms with Crippen LogP contribution in [0.4, 0.5) is 0 Å². The quantitative estimate of drug-likeness (QED) is 0.373. The average molecular weight is 385 g/mol. The normalized spacial score (nSPS) is 11.0. The van der Waals surface area contributed by atoms with Crippen LogP contribution in [-0.4, -0.2) is 0 Å². The maximum absolute atomic E-state index is 12.3. The molecule has 0 saturated heterocycles. The second-order valence-electron chi connectivity index (χ2n) is 7.23. The summed E-state index contributed by atoms with van der Waals surface area (Å²) in [6.45, 7) is 2.26. The summed E-state index contributed by atoms with van der Waals surface area (Å²) in [7, 11) is 0. The Morgan fingerprint density at radius 1 is 0.667 bits per heavy atom. The Labute approximate surface area is 169 Å². The zero-order valence-electron chi connectivity index (χ0n) is 16.5. The van der Waals surface area contributed by atoms with Gasteiger partial charge in [-0.3, -0.25) is 0 Å². The lowest BCUT2D eigenvalue weighted by molar-refractivity contribution is -0.272. The topological polar surface area (TPSA) is 46.1 Å². The molecule has 2 nitrogen and oxygen atoms in total. The van der Waals surface area contributed by atoms with Crippen LogP contribution in [0, 0.1) is 0 Å². The van der Waals surface area contributed by atoms with Crippen LogP contribution < -0.4 is 10.2 Å². The maximum atomic E-state index is 12.3. The number of benzene rings is 2. The van der Waals surface area contributed by atoms with Gasteiger partial charge < -0.3 is 10.2 Å². The van der Waals surface area contributed by atoms with Crippen molar-refractivity contribution in [1.29, 1.82) is 0 Å². The molecule has 0 aliphatic heterocycles. The Morgan fingerprint density at radius 3 is 1.93 bits per heavy atom. The Morgan fingerprint density at radius 2 is 1.26 bits per heavy atom. The van der Waals surface area contributed by atoms with E-state index in [1.54, 1.807) is 24.3 Å². The third-order valence-electron chi connectivity index (χ3n) is 4.92. The SMILES string of the molecule is CCCCCCCCCCCCc1cccc([O-])c1Sc1ccccc1[O-]. The van der Waals surface area contributed by atoms with Gasteiger partial charge in [0.25, 0.3) is 0 Å². The molecular weight excluding hydrogens is 352 g/mol. The van der Waals surface area contributed by atoms with Gasteiger partial charge in [0.05, 0.1) is 0 Å². The molecule has 0 N–H and O–H groups in total. The molecule has 0 aliphatic carbocycles. The Hall–Kier alpha value is -1.61. The molecule has 0 fully saturated rings. The van der Waals surface area contributed by atoms with Gasteiger partial charge in [0.1, 0.15) is 0 Å². The molecular formula is C24H32O2S-2. The number of hydrogen-bond acceptors (Lipinski definition) is 3. The molecule has 0 radical (unpaired) electrons. The van der Waals surface area contributed by atoms with Gasteiger partial charge in [0.15, 0.2) is 0 Å². The van der Waals surface area contributed by atoms with Crippen LogP contribution in [0.1, 0.15) is 76.7 Å². The molecule has 0 bridgehead atoms. The van der Waals surface area contributed by atoms with Gasteiger partial charge in [-0.1, -0.05) is 124 Å². The second-order valence-corrected chi connectivity index (χ2v) is 8.28. The van der Waals surface area contributed by atoms with E-state index in [9.17, 15) is 10.2 Å². The number of para-hydroxylation sites is 1. The van der Waals surface area contributed by atoms with Gasteiger partial charge in [-0.15, -0.1) is 0 Å². The van der Waals surface area contributed by atoms with Crippen LogP contribution in [-0.2, 0) is 6.42 Å². The predicted molar refractivity (Wildman–Crippen MR) is 111 cm³/mol. The Bertz CT molecular complexity index is 669. The van der Waals surface area contributed by atoms with Crippen LogP contribution in [0.15, 0.2) is 52.3 Å². The summed E-state index contributed by atoms with van der Waals surface area (Å²) in [6.07, 6.45) is 14.0. The fourth-order valence-electron chi connectivity index (χ4n) is 3.32. The number of hydrogen-bond donors (Lipinski definition) is 0. The average Bonchev–Trinajstić information content (AvgIpc) is 2.67. The summed E-state index contributed by atoms with van der Waals surface area (Å²) in [5.41, 5.74) is 1.08. The fraction of sp³-hybridized carbons (Fsp3) is 0.500.